The lowest BCUT2D eigenvalue weighted by atomic mass is 10.1. The summed E-state index contributed by atoms with van der Waals surface area (Å²) in [6.07, 6.45) is 4.23. The number of nitrogens with two attached hydrogens (primary N) is 1. The summed E-state index contributed by atoms with van der Waals surface area (Å²) in [5.74, 6) is 0.888. The van der Waals surface area contributed by atoms with E-state index in [0.717, 1.165) is 31.1 Å². The molecule has 0 saturated carbocycles. The highest BCUT2D eigenvalue weighted by Gasteiger charge is 2.21. The van der Waals surface area contributed by atoms with Crippen molar-refractivity contribution in [3.8, 4) is 0 Å². The second-order valence-electron chi connectivity index (χ2n) is 4.72. The summed E-state index contributed by atoms with van der Waals surface area (Å²) in [6, 6.07) is 3.93. The molecule has 1 aliphatic rings. The Kier molecular flexibility index (Phi) is 3.74. The number of amidine groups is 1. The topological polar surface area (TPSA) is 66.0 Å². The quantitative estimate of drug-likeness (QED) is 0.612. The van der Waals surface area contributed by atoms with Crippen LogP contribution in [-0.2, 0) is 6.54 Å². The summed E-state index contributed by atoms with van der Waals surface area (Å²) in [6.45, 7) is 5.41. The summed E-state index contributed by atoms with van der Waals surface area (Å²) in [5, 5.41) is 7.52. The van der Waals surface area contributed by atoms with Crippen LogP contribution in [0.1, 0.15) is 31.0 Å². The molecule has 2 rings (SSSR count). The van der Waals surface area contributed by atoms with Gasteiger partial charge in [0.2, 0.25) is 0 Å². The van der Waals surface area contributed by atoms with Crippen LogP contribution in [0.5, 0.6) is 0 Å². The van der Waals surface area contributed by atoms with Gasteiger partial charge in [0.25, 0.3) is 0 Å². The van der Waals surface area contributed by atoms with Gasteiger partial charge in [-0.2, -0.15) is 0 Å². The minimum atomic E-state index is 0.0619. The molecule has 17 heavy (non-hydrogen) atoms. The fourth-order valence-electron chi connectivity index (χ4n) is 2.44. The number of hydrogen-bond donors (Lipinski definition) is 2. The van der Waals surface area contributed by atoms with Crippen molar-refractivity contribution >= 4 is 5.84 Å². The van der Waals surface area contributed by atoms with Crippen LogP contribution in [0, 0.1) is 11.3 Å². The molecule has 2 heterocycles. The van der Waals surface area contributed by atoms with Crippen LogP contribution in [-0.4, -0.2) is 28.8 Å². The average Bonchev–Trinajstić information content (AvgIpc) is 2.77. The van der Waals surface area contributed by atoms with Crippen molar-refractivity contribution in [1.29, 1.82) is 5.41 Å². The van der Waals surface area contributed by atoms with Crippen LogP contribution in [0.2, 0.25) is 0 Å². The van der Waals surface area contributed by atoms with E-state index in [1.165, 1.54) is 12.8 Å². The molecule has 0 radical (unpaired) electrons. The highest BCUT2D eigenvalue weighted by molar-refractivity contribution is 5.94. The van der Waals surface area contributed by atoms with Gasteiger partial charge < -0.3 is 5.73 Å². The van der Waals surface area contributed by atoms with E-state index in [1.54, 1.807) is 6.20 Å². The van der Waals surface area contributed by atoms with E-state index in [1.807, 2.05) is 12.1 Å². The Bertz CT molecular complexity index is 402. The third kappa shape index (κ3) is 2.82. The summed E-state index contributed by atoms with van der Waals surface area (Å²) in [7, 11) is 0. The smallest absolute Gasteiger partial charge is 0.142 e. The van der Waals surface area contributed by atoms with Gasteiger partial charge >= 0.3 is 0 Å². The molecule has 0 aromatic carbocycles. The highest BCUT2D eigenvalue weighted by Crippen LogP contribution is 2.21. The predicted molar refractivity (Wildman–Crippen MR) is 68.9 cm³/mol. The average molecular weight is 232 g/mol. The molecule has 1 atom stereocenters. The summed E-state index contributed by atoms with van der Waals surface area (Å²) in [5.41, 5.74) is 7.24. The number of rotatable bonds is 4. The van der Waals surface area contributed by atoms with Gasteiger partial charge in [-0.25, -0.2) is 0 Å². The van der Waals surface area contributed by atoms with Crippen molar-refractivity contribution in [2.75, 3.05) is 13.1 Å². The minimum Gasteiger partial charge on any atom is -0.382 e. The summed E-state index contributed by atoms with van der Waals surface area (Å²) < 4.78 is 0. The van der Waals surface area contributed by atoms with E-state index in [0.29, 0.717) is 5.69 Å². The van der Waals surface area contributed by atoms with Crippen LogP contribution < -0.4 is 5.73 Å². The van der Waals surface area contributed by atoms with Gasteiger partial charge in [-0.3, -0.25) is 15.3 Å². The van der Waals surface area contributed by atoms with Crippen molar-refractivity contribution in [2.24, 2.45) is 11.7 Å². The predicted octanol–water partition coefficient (Wildman–Crippen LogP) is 1.60. The lowest BCUT2D eigenvalue weighted by Crippen LogP contribution is -2.23. The number of hydrogen-bond acceptors (Lipinski definition) is 3. The molecule has 1 fully saturated rings. The number of aromatic nitrogens is 1. The van der Waals surface area contributed by atoms with E-state index < -0.39 is 0 Å². The molecule has 92 valence electrons. The maximum atomic E-state index is 7.52. The van der Waals surface area contributed by atoms with Crippen LogP contribution in [0.15, 0.2) is 18.3 Å². The third-order valence-corrected chi connectivity index (χ3v) is 3.49. The number of nitrogen functional groups attached to an aromatic ring is 1. The van der Waals surface area contributed by atoms with Gasteiger partial charge in [0.15, 0.2) is 0 Å². The Morgan fingerprint density at radius 2 is 2.47 bits per heavy atom. The molecule has 0 bridgehead atoms. The van der Waals surface area contributed by atoms with Crippen LogP contribution in [0.3, 0.4) is 0 Å². The first-order valence-corrected chi connectivity index (χ1v) is 6.21. The normalized spacial score (nSPS) is 20.6. The van der Waals surface area contributed by atoms with Gasteiger partial charge in [-0.1, -0.05) is 19.4 Å². The molecule has 4 heteroatoms. The molecule has 1 aliphatic heterocycles. The molecule has 1 aromatic rings. The van der Waals surface area contributed by atoms with Gasteiger partial charge in [0, 0.05) is 19.3 Å². The van der Waals surface area contributed by atoms with Gasteiger partial charge in [0.1, 0.15) is 11.5 Å². The first kappa shape index (κ1) is 12.0. The standard InChI is InChI=1S/C13H20N4/c1-2-10-5-7-17(8-10)9-11-4-3-6-16-12(11)13(14)15/h3-4,6,10H,2,5,7-9H2,1H3,(H3,14,15). The molecule has 0 spiro atoms. The van der Waals surface area contributed by atoms with Crippen molar-refractivity contribution in [1.82, 2.24) is 9.88 Å². The monoisotopic (exact) mass is 232 g/mol. The van der Waals surface area contributed by atoms with Crippen molar-refractivity contribution in [3.63, 3.8) is 0 Å². The lowest BCUT2D eigenvalue weighted by Gasteiger charge is -2.17. The molecule has 3 N–H and O–H groups in total. The van der Waals surface area contributed by atoms with Crippen molar-refractivity contribution in [2.45, 2.75) is 26.3 Å². The Labute approximate surface area is 102 Å². The largest absolute Gasteiger partial charge is 0.382 e. The number of nitrogens with zero attached hydrogens (tertiary/aromatic N) is 2. The highest BCUT2D eigenvalue weighted by atomic mass is 15.1. The Hall–Kier alpha value is -1.42. The molecule has 0 aliphatic carbocycles. The van der Waals surface area contributed by atoms with Gasteiger partial charge in [0.05, 0.1) is 0 Å². The maximum absolute atomic E-state index is 7.52. The second kappa shape index (κ2) is 5.27. The molecule has 0 amide bonds. The lowest BCUT2D eigenvalue weighted by molar-refractivity contribution is 0.314. The number of nitrogens with one attached hydrogen (secondary N) is 1. The zero-order valence-corrected chi connectivity index (χ0v) is 10.3. The van der Waals surface area contributed by atoms with Gasteiger partial charge in [-0.05, 0) is 30.5 Å². The maximum Gasteiger partial charge on any atom is 0.142 e. The van der Waals surface area contributed by atoms with Crippen LogP contribution in [0.4, 0.5) is 0 Å². The fraction of sp³-hybridized carbons (Fsp3) is 0.538. The molecule has 1 saturated heterocycles. The van der Waals surface area contributed by atoms with E-state index in [4.69, 9.17) is 11.1 Å². The van der Waals surface area contributed by atoms with E-state index in [-0.39, 0.29) is 5.84 Å². The molecule has 1 aromatic heterocycles. The molecule has 1 unspecified atom stereocenters. The van der Waals surface area contributed by atoms with E-state index in [9.17, 15) is 0 Å². The fourth-order valence-corrected chi connectivity index (χ4v) is 2.44. The summed E-state index contributed by atoms with van der Waals surface area (Å²) in [4.78, 5) is 6.61. The van der Waals surface area contributed by atoms with Crippen molar-refractivity contribution in [3.05, 3.63) is 29.6 Å². The Morgan fingerprint density at radius 3 is 3.12 bits per heavy atom. The second-order valence-corrected chi connectivity index (χ2v) is 4.72. The first-order chi connectivity index (χ1) is 8.20. The number of pyridine rings is 1. The summed E-state index contributed by atoms with van der Waals surface area (Å²) >= 11 is 0. The first-order valence-electron chi connectivity index (χ1n) is 6.21. The minimum absolute atomic E-state index is 0.0619. The molecule has 4 nitrogen and oxygen atoms in total. The number of likely N-dealkylation sites (tertiary alicyclic amines) is 1. The zero-order chi connectivity index (χ0) is 12.3. The zero-order valence-electron chi connectivity index (χ0n) is 10.3. The SMILES string of the molecule is CCC1CCN(Cc2cccnc2C(=N)N)C1. The van der Waals surface area contributed by atoms with Crippen molar-refractivity contribution < 1.29 is 0 Å². The van der Waals surface area contributed by atoms with Crippen LogP contribution in [0.25, 0.3) is 0 Å². The van der Waals surface area contributed by atoms with Gasteiger partial charge in [-0.15, -0.1) is 0 Å². The Balaban J connectivity index is 2.06. The molecular formula is C13H20N4. The third-order valence-electron chi connectivity index (χ3n) is 3.49. The van der Waals surface area contributed by atoms with Crippen LogP contribution >= 0.6 is 0 Å². The molecular weight excluding hydrogens is 212 g/mol. The van der Waals surface area contributed by atoms with E-state index in [2.05, 4.69) is 16.8 Å². The Morgan fingerprint density at radius 1 is 1.65 bits per heavy atom. The van der Waals surface area contributed by atoms with E-state index >= 15 is 0 Å².